The molecule has 0 unspecified atom stereocenters. The standard InChI is InChI=1S/C27H32Cl2N2O5S/c1-17(2)19-7-5-6-8-21(19)37-22-10-9-18(23(28)24(22)29)15-34-26(33)31-13-11-30(12-14-31)25(32)20-16-35-27(3,4)36-20/h5-10,17,20H,11-16H2,1-4H3/t20-/m0/s1. The van der Waals surface area contributed by atoms with Gasteiger partial charge in [-0.25, -0.2) is 4.79 Å². The van der Waals surface area contributed by atoms with Crippen molar-refractivity contribution in [2.45, 2.75) is 61.9 Å². The summed E-state index contributed by atoms with van der Waals surface area (Å²) in [6.45, 7) is 9.69. The van der Waals surface area contributed by atoms with E-state index >= 15 is 0 Å². The Morgan fingerprint density at radius 2 is 1.70 bits per heavy atom. The van der Waals surface area contributed by atoms with Crippen molar-refractivity contribution in [3.8, 4) is 0 Å². The molecule has 200 valence electrons. The molecular weight excluding hydrogens is 535 g/mol. The van der Waals surface area contributed by atoms with Gasteiger partial charge in [0.05, 0.1) is 16.7 Å². The molecule has 7 nitrogen and oxygen atoms in total. The minimum absolute atomic E-state index is 0.00634. The predicted octanol–water partition coefficient (Wildman–Crippen LogP) is 6.20. The van der Waals surface area contributed by atoms with Crippen molar-refractivity contribution in [1.82, 2.24) is 9.80 Å². The number of nitrogens with zero attached hydrogens (tertiary/aromatic N) is 2. The molecule has 4 rings (SSSR count). The highest BCUT2D eigenvalue weighted by atomic mass is 35.5. The van der Waals surface area contributed by atoms with Gasteiger partial charge in [-0.15, -0.1) is 0 Å². The zero-order chi connectivity index (χ0) is 26.7. The van der Waals surface area contributed by atoms with Crippen LogP contribution in [-0.2, 0) is 25.6 Å². The van der Waals surface area contributed by atoms with Crippen molar-refractivity contribution in [3.05, 3.63) is 57.6 Å². The number of amides is 2. The van der Waals surface area contributed by atoms with Gasteiger partial charge in [-0.05, 0) is 37.5 Å². The van der Waals surface area contributed by atoms with Gasteiger partial charge in [0.1, 0.15) is 6.61 Å². The van der Waals surface area contributed by atoms with Crippen LogP contribution >= 0.6 is 35.0 Å². The van der Waals surface area contributed by atoms with Crippen LogP contribution in [-0.4, -0.2) is 66.5 Å². The zero-order valence-electron chi connectivity index (χ0n) is 21.5. The number of piperazine rings is 1. The highest BCUT2D eigenvalue weighted by Gasteiger charge is 2.39. The second-order valence-electron chi connectivity index (χ2n) is 9.83. The van der Waals surface area contributed by atoms with Crippen molar-refractivity contribution < 1.29 is 23.8 Å². The Labute approximate surface area is 232 Å². The molecule has 0 N–H and O–H groups in total. The van der Waals surface area contributed by atoms with Gasteiger partial charge >= 0.3 is 6.09 Å². The lowest BCUT2D eigenvalue weighted by atomic mass is 10.0. The second kappa shape index (κ2) is 11.8. The largest absolute Gasteiger partial charge is 0.444 e. The summed E-state index contributed by atoms with van der Waals surface area (Å²) in [6, 6.07) is 12.0. The van der Waals surface area contributed by atoms with E-state index in [0.717, 1.165) is 9.79 Å². The normalized spacial score (nSPS) is 19.4. The molecule has 1 atom stereocenters. The molecule has 2 heterocycles. The first kappa shape index (κ1) is 28.0. The van der Waals surface area contributed by atoms with Crippen LogP contribution in [0.1, 0.15) is 44.7 Å². The van der Waals surface area contributed by atoms with Gasteiger partial charge in [0.2, 0.25) is 0 Å². The van der Waals surface area contributed by atoms with Gasteiger partial charge < -0.3 is 24.0 Å². The fourth-order valence-corrected chi connectivity index (χ4v) is 5.99. The molecule has 0 aliphatic carbocycles. The van der Waals surface area contributed by atoms with Crippen molar-refractivity contribution in [3.63, 3.8) is 0 Å². The molecule has 2 aromatic carbocycles. The van der Waals surface area contributed by atoms with Crippen LogP contribution in [0.15, 0.2) is 46.2 Å². The smallest absolute Gasteiger partial charge is 0.410 e. The number of hydrogen-bond acceptors (Lipinski definition) is 6. The van der Waals surface area contributed by atoms with Crippen LogP contribution in [0.2, 0.25) is 10.0 Å². The van der Waals surface area contributed by atoms with E-state index in [1.54, 1.807) is 35.4 Å². The maximum absolute atomic E-state index is 12.7. The molecule has 2 aliphatic heterocycles. The predicted molar refractivity (Wildman–Crippen MR) is 144 cm³/mol. The van der Waals surface area contributed by atoms with Crippen LogP contribution < -0.4 is 0 Å². The van der Waals surface area contributed by atoms with Crippen LogP contribution in [0.3, 0.4) is 0 Å². The van der Waals surface area contributed by atoms with E-state index in [-0.39, 0.29) is 19.1 Å². The third kappa shape index (κ3) is 6.73. The van der Waals surface area contributed by atoms with Crippen LogP contribution in [0.5, 0.6) is 0 Å². The summed E-state index contributed by atoms with van der Waals surface area (Å²) in [5.41, 5.74) is 1.88. The van der Waals surface area contributed by atoms with Gasteiger partial charge in [-0.2, -0.15) is 0 Å². The number of carbonyl (C=O) groups excluding carboxylic acids is 2. The lowest BCUT2D eigenvalue weighted by molar-refractivity contribution is -0.161. The number of carbonyl (C=O) groups is 2. The molecule has 0 radical (unpaired) electrons. The molecule has 0 bridgehead atoms. The van der Waals surface area contributed by atoms with Gasteiger partial charge in [0.25, 0.3) is 5.91 Å². The Hall–Kier alpha value is -1.97. The highest BCUT2D eigenvalue weighted by molar-refractivity contribution is 7.99. The topological polar surface area (TPSA) is 68.3 Å². The van der Waals surface area contributed by atoms with Gasteiger partial charge in [-0.1, -0.05) is 73.1 Å². The summed E-state index contributed by atoms with van der Waals surface area (Å²) >= 11 is 14.7. The van der Waals surface area contributed by atoms with E-state index in [1.807, 2.05) is 24.3 Å². The van der Waals surface area contributed by atoms with Crippen molar-refractivity contribution in [2.24, 2.45) is 0 Å². The van der Waals surface area contributed by atoms with Crippen molar-refractivity contribution >= 4 is 47.0 Å². The molecule has 2 aliphatic rings. The minimum atomic E-state index is -0.758. The van der Waals surface area contributed by atoms with Gasteiger partial charge in [0, 0.05) is 41.5 Å². The molecule has 2 fully saturated rings. The van der Waals surface area contributed by atoms with E-state index in [2.05, 4.69) is 26.0 Å². The Kier molecular flexibility index (Phi) is 8.96. The third-order valence-corrected chi connectivity index (χ3v) is 8.56. The van der Waals surface area contributed by atoms with Gasteiger partial charge in [0.15, 0.2) is 11.9 Å². The molecule has 2 saturated heterocycles. The SMILES string of the molecule is CC(C)c1ccccc1Sc1ccc(COC(=O)N2CCN(C(=O)[C@@H]3COC(C)(C)O3)CC2)c(Cl)c1Cl. The average molecular weight is 568 g/mol. The molecule has 10 heteroatoms. The third-order valence-electron chi connectivity index (χ3n) is 6.37. The first-order valence-corrected chi connectivity index (χ1v) is 13.9. The molecule has 37 heavy (non-hydrogen) atoms. The van der Waals surface area contributed by atoms with E-state index in [0.29, 0.717) is 47.7 Å². The molecule has 0 saturated carbocycles. The first-order valence-electron chi connectivity index (χ1n) is 12.3. The van der Waals surface area contributed by atoms with Crippen LogP contribution in [0, 0.1) is 0 Å². The Bertz CT molecular complexity index is 1150. The maximum Gasteiger partial charge on any atom is 0.410 e. The second-order valence-corrected chi connectivity index (χ2v) is 11.7. The Balaban J connectivity index is 1.30. The van der Waals surface area contributed by atoms with Crippen LogP contribution in [0.4, 0.5) is 4.79 Å². The summed E-state index contributed by atoms with van der Waals surface area (Å²) < 4.78 is 16.7. The summed E-state index contributed by atoms with van der Waals surface area (Å²) in [6.07, 6.45) is -1.06. The van der Waals surface area contributed by atoms with Crippen molar-refractivity contribution in [2.75, 3.05) is 32.8 Å². The van der Waals surface area contributed by atoms with Crippen molar-refractivity contribution in [1.29, 1.82) is 0 Å². The number of ether oxygens (including phenoxy) is 3. The lowest BCUT2D eigenvalue weighted by Gasteiger charge is -2.35. The van der Waals surface area contributed by atoms with E-state index in [9.17, 15) is 9.59 Å². The Morgan fingerprint density at radius 3 is 2.35 bits per heavy atom. The van der Waals surface area contributed by atoms with Gasteiger partial charge in [-0.3, -0.25) is 4.79 Å². The molecule has 2 amide bonds. The summed E-state index contributed by atoms with van der Waals surface area (Å²) in [5, 5.41) is 0.811. The van der Waals surface area contributed by atoms with E-state index in [1.165, 1.54) is 5.56 Å². The lowest BCUT2D eigenvalue weighted by Crippen LogP contribution is -2.53. The number of halogens is 2. The summed E-state index contributed by atoms with van der Waals surface area (Å²) in [5.74, 6) is -0.492. The number of hydrogen-bond donors (Lipinski definition) is 0. The fraction of sp³-hybridized carbons (Fsp3) is 0.481. The number of benzene rings is 2. The van der Waals surface area contributed by atoms with E-state index in [4.69, 9.17) is 37.4 Å². The fourth-order valence-electron chi connectivity index (χ4n) is 4.28. The summed E-state index contributed by atoms with van der Waals surface area (Å²) in [7, 11) is 0. The van der Waals surface area contributed by atoms with E-state index < -0.39 is 18.0 Å². The average Bonchev–Trinajstić information content (AvgIpc) is 3.25. The summed E-state index contributed by atoms with van der Waals surface area (Å²) in [4.78, 5) is 30.6. The first-order chi connectivity index (χ1) is 17.6. The molecule has 2 aromatic rings. The molecule has 0 spiro atoms. The maximum atomic E-state index is 12.7. The zero-order valence-corrected chi connectivity index (χ0v) is 23.8. The number of rotatable bonds is 6. The monoisotopic (exact) mass is 566 g/mol. The Morgan fingerprint density at radius 1 is 1.03 bits per heavy atom. The quantitative estimate of drug-likeness (QED) is 0.414. The highest BCUT2D eigenvalue weighted by Crippen LogP contribution is 2.41. The molecular formula is C27H32Cl2N2O5S. The van der Waals surface area contributed by atoms with Crippen LogP contribution in [0.25, 0.3) is 0 Å². The minimum Gasteiger partial charge on any atom is -0.444 e. The molecule has 0 aromatic heterocycles.